The van der Waals surface area contributed by atoms with Gasteiger partial charge in [0.2, 0.25) is 0 Å². The molecule has 2 N–H and O–H groups in total. The first kappa shape index (κ1) is 19.1. The van der Waals surface area contributed by atoms with Gasteiger partial charge in [-0.3, -0.25) is 0 Å². The van der Waals surface area contributed by atoms with E-state index in [1.54, 1.807) is 22.7 Å². The molecule has 4 aromatic rings. The molecule has 0 amide bonds. The van der Waals surface area contributed by atoms with Gasteiger partial charge in [-0.05, 0) is 41.8 Å². The highest BCUT2D eigenvalue weighted by Gasteiger charge is 2.26. The van der Waals surface area contributed by atoms with Crippen LogP contribution in [0.25, 0.3) is 10.8 Å². The van der Waals surface area contributed by atoms with Gasteiger partial charge in [-0.25, -0.2) is 0 Å². The van der Waals surface area contributed by atoms with E-state index in [-0.39, 0.29) is 12.1 Å². The van der Waals surface area contributed by atoms with Gasteiger partial charge in [0.15, 0.2) is 6.04 Å². The number of quaternary nitrogens is 1. The van der Waals surface area contributed by atoms with Crippen LogP contribution in [-0.4, -0.2) is 10.2 Å². The first-order valence-electron chi connectivity index (χ1n) is 9.59. The summed E-state index contributed by atoms with van der Waals surface area (Å²) in [5.74, 6) is 1.26. The lowest BCUT2D eigenvalue weighted by Gasteiger charge is -2.18. The number of aryl methyl sites for hydroxylation is 1. The average molecular weight is 411 g/mol. The van der Waals surface area contributed by atoms with Crippen LogP contribution in [0.2, 0.25) is 0 Å². The standard InChI is InChI=1S/C22H23N3OS2/c1-3-6-16-9-11-17(12-10-16)20(18-7-4-13-27-18)23-15(2)21-24-25-22(26-21)19-8-5-14-28-19/h4-5,7-15,20,23H,3,6H2,1-2H3/p+1/t15-,20+/m1/s1. The van der Waals surface area contributed by atoms with Crippen LogP contribution in [0.4, 0.5) is 0 Å². The quantitative estimate of drug-likeness (QED) is 0.433. The maximum atomic E-state index is 5.96. The fourth-order valence-corrected chi connectivity index (χ4v) is 4.79. The van der Waals surface area contributed by atoms with Gasteiger partial charge in [0, 0.05) is 5.56 Å². The van der Waals surface area contributed by atoms with Crippen molar-refractivity contribution in [3.8, 4) is 10.8 Å². The molecule has 0 aliphatic rings. The Labute approximate surface area is 173 Å². The van der Waals surface area contributed by atoms with Crippen LogP contribution in [0.15, 0.2) is 63.7 Å². The van der Waals surface area contributed by atoms with Gasteiger partial charge in [0.1, 0.15) is 6.04 Å². The molecule has 0 unspecified atom stereocenters. The van der Waals surface area contributed by atoms with Gasteiger partial charge in [-0.2, -0.15) is 0 Å². The summed E-state index contributed by atoms with van der Waals surface area (Å²) in [6, 6.07) is 17.6. The number of hydrogen-bond acceptors (Lipinski definition) is 5. The van der Waals surface area contributed by atoms with Gasteiger partial charge < -0.3 is 9.73 Å². The fraction of sp³-hybridized carbons (Fsp3) is 0.273. The molecule has 2 atom stereocenters. The summed E-state index contributed by atoms with van der Waals surface area (Å²) in [5, 5.41) is 15.0. The molecule has 0 saturated carbocycles. The van der Waals surface area contributed by atoms with Gasteiger partial charge in [0.05, 0.1) is 9.75 Å². The van der Waals surface area contributed by atoms with E-state index in [4.69, 9.17) is 4.42 Å². The van der Waals surface area contributed by atoms with Crippen molar-refractivity contribution in [3.63, 3.8) is 0 Å². The molecule has 0 fully saturated rings. The van der Waals surface area contributed by atoms with Crippen LogP contribution in [0, 0.1) is 0 Å². The third kappa shape index (κ3) is 4.24. The van der Waals surface area contributed by atoms with Gasteiger partial charge in [-0.1, -0.05) is 49.7 Å². The summed E-state index contributed by atoms with van der Waals surface area (Å²) in [6.07, 6.45) is 2.29. The number of hydrogen-bond donors (Lipinski definition) is 1. The van der Waals surface area contributed by atoms with Crippen molar-refractivity contribution >= 4 is 22.7 Å². The molecule has 1 aromatic carbocycles. The highest BCUT2D eigenvalue weighted by molar-refractivity contribution is 7.13. The maximum absolute atomic E-state index is 5.96. The molecule has 0 aliphatic carbocycles. The van der Waals surface area contributed by atoms with Crippen molar-refractivity contribution in [2.24, 2.45) is 0 Å². The van der Waals surface area contributed by atoms with E-state index in [1.807, 2.05) is 17.5 Å². The Hall–Kier alpha value is -2.28. The Kier molecular flexibility index (Phi) is 6.00. The summed E-state index contributed by atoms with van der Waals surface area (Å²) in [7, 11) is 0. The van der Waals surface area contributed by atoms with Crippen molar-refractivity contribution in [1.82, 2.24) is 10.2 Å². The number of nitrogens with two attached hydrogens (primary N) is 1. The zero-order valence-electron chi connectivity index (χ0n) is 16.0. The fourth-order valence-electron chi connectivity index (χ4n) is 3.31. The maximum Gasteiger partial charge on any atom is 0.274 e. The Balaban J connectivity index is 1.56. The molecule has 0 bridgehead atoms. The van der Waals surface area contributed by atoms with E-state index in [0.29, 0.717) is 11.8 Å². The summed E-state index contributed by atoms with van der Waals surface area (Å²) in [6.45, 7) is 4.34. The first-order chi connectivity index (χ1) is 13.7. The second kappa shape index (κ2) is 8.82. The van der Waals surface area contributed by atoms with Crippen molar-refractivity contribution in [2.45, 2.75) is 38.8 Å². The van der Waals surface area contributed by atoms with Gasteiger partial charge in [0.25, 0.3) is 11.8 Å². The van der Waals surface area contributed by atoms with E-state index in [1.165, 1.54) is 22.4 Å². The lowest BCUT2D eigenvalue weighted by Crippen LogP contribution is -2.85. The summed E-state index contributed by atoms with van der Waals surface area (Å²) >= 11 is 3.39. The minimum atomic E-state index is 0.0589. The molecule has 3 aromatic heterocycles. The molecule has 6 heteroatoms. The molecule has 0 aliphatic heterocycles. The molecule has 0 radical (unpaired) electrons. The predicted molar refractivity (Wildman–Crippen MR) is 115 cm³/mol. The third-order valence-corrected chi connectivity index (χ3v) is 6.58. The highest BCUT2D eigenvalue weighted by Crippen LogP contribution is 2.26. The normalized spacial score (nSPS) is 13.5. The summed E-state index contributed by atoms with van der Waals surface area (Å²) in [4.78, 5) is 2.33. The third-order valence-electron chi connectivity index (χ3n) is 4.77. The van der Waals surface area contributed by atoms with Gasteiger partial charge in [-0.15, -0.1) is 32.9 Å². The van der Waals surface area contributed by atoms with Crippen molar-refractivity contribution in [3.05, 3.63) is 81.2 Å². The van der Waals surface area contributed by atoms with Gasteiger partial charge >= 0.3 is 0 Å². The average Bonchev–Trinajstić information content (AvgIpc) is 3.49. The molecule has 3 heterocycles. The monoisotopic (exact) mass is 410 g/mol. The Morgan fingerprint density at radius 2 is 1.79 bits per heavy atom. The van der Waals surface area contributed by atoms with Crippen LogP contribution < -0.4 is 5.32 Å². The number of nitrogens with zero attached hydrogens (tertiary/aromatic N) is 2. The lowest BCUT2D eigenvalue weighted by atomic mass is 10.0. The van der Waals surface area contributed by atoms with E-state index < -0.39 is 0 Å². The zero-order valence-corrected chi connectivity index (χ0v) is 17.7. The van der Waals surface area contributed by atoms with Crippen LogP contribution >= 0.6 is 22.7 Å². The Morgan fingerprint density at radius 1 is 1.00 bits per heavy atom. The van der Waals surface area contributed by atoms with E-state index in [0.717, 1.165) is 11.3 Å². The highest BCUT2D eigenvalue weighted by atomic mass is 32.1. The number of thiophene rings is 2. The predicted octanol–water partition coefficient (Wildman–Crippen LogP) is 5.23. The molecule has 0 saturated heterocycles. The van der Waals surface area contributed by atoms with Crippen molar-refractivity contribution < 1.29 is 9.73 Å². The lowest BCUT2D eigenvalue weighted by molar-refractivity contribution is -0.725. The Bertz CT molecular complexity index is 975. The van der Waals surface area contributed by atoms with Crippen molar-refractivity contribution in [2.75, 3.05) is 0 Å². The molecule has 0 spiro atoms. The van der Waals surface area contributed by atoms with E-state index in [2.05, 4.69) is 71.1 Å². The Morgan fingerprint density at radius 3 is 2.46 bits per heavy atom. The minimum absolute atomic E-state index is 0.0589. The van der Waals surface area contributed by atoms with Crippen LogP contribution in [-0.2, 0) is 6.42 Å². The minimum Gasteiger partial charge on any atom is -0.414 e. The summed E-state index contributed by atoms with van der Waals surface area (Å²) < 4.78 is 5.96. The van der Waals surface area contributed by atoms with Crippen LogP contribution in [0.1, 0.15) is 54.2 Å². The van der Waals surface area contributed by atoms with Crippen LogP contribution in [0.3, 0.4) is 0 Å². The second-order valence-electron chi connectivity index (χ2n) is 6.89. The zero-order chi connectivity index (χ0) is 19.3. The molecule has 144 valence electrons. The SMILES string of the molecule is CCCc1ccc([C@H]([NH2+][C@H](C)c2nnc(-c3cccs3)o2)c2cccs2)cc1. The van der Waals surface area contributed by atoms with E-state index >= 15 is 0 Å². The second-order valence-corrected chi connectivity index (χ2v) is 8.82. The molecular weight excluding hydrogens is 386 g/mol. The molecule has 4 rings (SSSR count). The summed E-state index contributed by atoms with van der Waals surface area (Å²) in [5.41, 5.74) is 2.69. The molecule has 28 heavy (non-hydrogen) atoms. The van der Waals surface area contributed by atoms with Crippen LogP contribution in [0.5, 0.6) is 0 Å². The number of rotatable bonds is 8. The number of aromatic nitrogens is 2. The molecule has 4 nitrogen and oxygen atoms in total. The topological polar surface area (TPSA) is 55.5 Å². The smallest absolute Gasteiger partial charge is 0.274 e. The molecular formula is C22H24N3OS2+. The van der Waals surface area contributed by atoms with Crippen molar-refractivity contribution in [1.29, 1.82) is 0 Å². The first-order valence-corrected chi connectivity index (χ1v) is 11.3. The number of benzene rings is 1. The van der Waals surface area contributed by atoms with E-state index in [9.17, 15) is 0 Å². The largest absolute Gasteiger partial charge is 0.414 e.